The van der Waals surface area contributed by atoms with Crippen LogP contribution in [0.4, 0.5) is 0 Å². The van der Waals surface area contributed by atoms with E-state index in [9.17, 15) is 4.79 Å². The fourth-order valence-corrected chi connectivity index (χ4v) is 4.16. The minimum atomic E-state index is -0.356. The van der Waals surface area contributed by atoms with Crippen molar-refractivity contribution in [2.24, 2.45) is 5.10 Å². The lowest BCUT2D eigenvalue weighted by atomic mass is 10.1. The molecule has 4 aromatic rings. The number of benzene rings is 1. The maximum atomic E-state index is 13.1. The summed E-state index contributed by atoms with van der Waals surface area (Å²) in [6, 6.07) is 12.1. The number of rotatable bonds is 8. The van der Waals surface area contributed by atoms with Gasteiger partial charge in [-0.2, -0.15) is 5.10 Å². The molecule has 1 amide bonds. The number of ether oxygens (including phenoxy) is 2. The van der Waals surface area contributed by atoms with E-state index in [-0.39, 0.29) is 22.9 Å². The van der Waals surface area contributed by atoms with E-state index in [4.69, 9.17) is 22.7 Å². The Labute approximate surface area is 198 Å². The smallest absolute Gasteiger partial charge is 0.277 e. The number of carbonyl (C=O) groups is 1. The van der Waals surface area contributed by atoms with Gasteiger partial charge < -0.3 is 22.7 Å². The summed E-state index contributed by atoms with van der Waals surface area (Å²) >= 11 is 1.13. The van der Waals surface area contributed by atoms with Crippen LogP contribution in [0.25, 0.3) is 11.5 Å². The van der Waals surface area contributed by atoms with Gasteiger partial charge in [0.2, 0.25) is 5.89 Å². The Morgan fingerprint density at radius 3 is 2.53 bits per heavy atom. The second-order valence-corrected chi connectivity index (χ2v) is 8.19. The van der Waals surface area contributed by atoms with Crippen molar-refractivity contribution >= 4 is 23.4 Å². The highest BCUT2D eigenvalue weighted by Crippen LogP contribution is 2.35. The molecule has 0 fully saturated rings. The molecule has 3 aromatic heterocycles. The second kappa shape index (κ2) is 9.48. The topological polar surface area (TPSA) is 116 Å². The molecule has 4 heterocycles. The van der Waals surface area contributed by atoms with Crippen LogP contribution in [0.15, 0.2) is 78.6 Å². The molecular weight excluding hydrogens is 460 g/mol. The average molecular weight is 481 g/mol. The Hall–Kier alpha value is -3.99. The minimum Gasteiger partial charge on any atom is -0.497 e. The predicted octanol–water partition coefficient (Wildman–Crippen LogP) is 4.41. The minimum absolute atomic E-state index is 0.0508. The summed E-state index contributed by atoms with van der Waals surface area (Å²) in [6.07, 6.45) is 3.64. The standard InChI is InChI=1S/C23H20N4O6S/c1-29-15-9-14(10-16(11-15)30-2)22-24-25-23(33-22)34-13-21(28)27-18(20-6-4-8-32-20)12-17(26-27)19-5-3-7-31-19/h3-11,18H,12-13H2,1-2H3. The normalized spacial score (nSPS) is 15.4. The molecule has 1 atom stereocenters. The first kappa shape index (κ1) is 21.8. The van der Waals surface area contributed by atoms with Crippen LogP contribution in [0, 0.1) is 0 Å². The van der Waals surface area contributed by atoms with Gasteiger partial charge in [-0.15, -0.1) is 10.2 Å². The maximum absolute atomic E-state index is 13.1. The number of furan rings is 2. The van der Waals surface area contributed by atoms with Gasteiger partial charge in [-0.1, -0.05) is 11.8 Å². The second-order valence-electron chi connectivity index (χ2n) is 7.26. The molecule has 0 saturated heterocycles. The first-order valence-electron chi connectivity index (χ1n) is 10.3. The molecule has 1 aliphatic rings. The Morgan fingerprint density at radius 2 is 1.85 bits per heavy atom. The highest BCUT2D eigenvalue weighted by molar-refractivity contribution is 7.99. The molecule has 0 N–H and O–H groups in total. The lowest BCUT2D eigenvalue weighted by Crippen LogP contribution is -2.28. The number of methoxy groups -OCH3 is 2. The molecule has 174 valence electrons. The summed E-state index contributed by atoms with van der Waals surface area (Å²) in [6.45, 7) is 0. The van der Waals surface area contributed by atoms with Crippen molar-refractivity contribution in [1.82, 2.24) is 15.2 Å². The van der Waals surface area contributed by atoms with Crippen LogP contribution < -0.4 is 9.47 Å². The summed E-state index contributed by atoms with van der Waals surface area (Å²) < 4.78 is 27.3. The van der Waals surface area contributed by atoms with E-state index in [0.717, 1.165) is 11.8 Å². The van der Waals surface area contributed by atoms with Crippen molar-refractivity contribution in [3.63, 3.8) is 0 Å². The van der Waals surface area contributed by atoms with Crippen LogP contribution in [-0.4, -0.2) is 46.8 Å². The SMILES string of the molecule is COc1cc(OC)cc(-c2nnc(SCC(=O)N3N=C(c4ccco4)CC3c3ccco3)o2)c1. The lowest BCUT2D eigenvalue weighted by molar-refractivity contribution is -0.130. The number of hydrogen-bond donors (Lipinski definition) is 0. The molecule has 0 spiro atoms. The van der Waals surface area contributed by atoms with E-state index in [1.54, 1.807) is 57.1 Å². The van der Waals surface area contributed by atoms with Crippen LogP contribution >= 0.6 is 11.8 Å². The Balaban J connectivity index is 1.30. The number of hydrazone groups is 1. The number of aromatic nitrogens is 2. The summed E-state index contributed by atoms with van der Waals surface area (Å²) in [7, 11) is 3.13. The van der Waals surface area contributed by atoms with Crippen LogP contribution in [0.3, 0.4) is 0 Å². The largest absolute Gasteiger partial charge is 0.497 e. The van der Waals surface area contributed by atoms with Crippen LogP contribution in [-0.2, 0) is 4.79 Å². The lowest BCUT2D eigenvalue weighted by Gasteiger charge is -2.19. The highest BCUT2D eigenvalue weighted by atomic mass is 32.2. The van der Waals surface area contributed by atoms with Crippen molar-refractivity contribution in [2.45, 2.75) is 17.7 Å². The predicted molar refractivity (Wildman–Crippen MR) is 122 cm³/mol. The number of carbonyl (C=O) groups excluding carboxylic acids is 1. The van der Waals surface area contributed by atoms with Crippen LogP contribution in [0.1, 0.15) is 24.0 Å². The highest BCUT2D eigenvalue weighted by Gasteiger charge is 2.35. The zero-order valence-electron chi connectivity index (χ0n) is 18.3. The third kappa shape index (κ3) is 4.42. The Bertz CT molecular complexity index is 1280. The molecule has 1 aromatic carbocycles. The zero-order valence-corrected chi connectivity index (χ0v) is 19.2. The van der Waals surface area contributed by atoms with Crippen LogP contribution in [0.5, 0.6) is 11.5 Å². The van der Waals surface area contributed by atoms with E-state index < -0.39 is 0 Å². The van der Waals surface area contributed by atoms with Gasteiger partial charge in [-0.25, -0.2) is 5.01 Å². The fourth-order valence-electron chi connectivity index (χ4n) is 3.54. The van der Waals surface area contributed by atoms with Gasteiger partial charge in [0, 0.05) is 18.1 Å². The molecule has 1 unspecified atom stereocenters. The average Bonchev–Trinajstić information content (AvgIpc) is 3.68. The molecule has 10 nitrogen and oxygen atoms in total. The van der Waals surface area contributed by atoms with Gasteiger partial charge in [0.05, 0.1) is 32.5 Å². The third-order valence-corrected chi connectivity index (χ3v) is 5.97. The van der Waals surface area contributed by atoms with Crippen molar-refractivity contribution in [3.8, 4) is 23.0 Å². The molecule has 0 saturated carbocycles. The summed E-state index contributed by atoms with van der Waals surface area (Å²) in [4.78, 5) is 13.1. The van der Waals surface area contributed by atoms with Gasteiger partial charge in [-0.05, 0) is 36.4 Å². The molecule has 11 heteroatoms. The number of hydrogen-bond acceptors (Lipinski definition) is 10. The van der Waals surface area contributed by atoms with Gasteiger partial charge >= 0.3 is 0 Å². The third-order valence-electron chi connectivity index (χ3n) is 5.17. The molecule has 1 aliphatic heterocycles. The van der Waals surface area contributed by atoms with Crippen LogP contribution in [0.2, 0.25) is 0 Å². The summed E-state index contributed by atoms with van der Waals surface area (Å²) in [5, 5.41) is 14.3. The van der Waals surface area contributed by atoms with Gasteiger partial charge in [0.25, 0.3) is 11.1 Å². The van der Waals surface area contributed by atoms with E-state index in [1.807, 2.05) is 12.1 Å². The molecule has 34 heavy (non-hydrogen) atoms. The van der Waals surface area contributed by atoms with E-state index in [1.165, 1.54) is 5.01 Å². The van der Waals surface area contributed by atoms with Gasteiger partial charge in [0.1, 0.15) is 34.8 Å². The van der Waals surface area contributed by atoms with E-state index >= 15 is 0 Å². The molecular formula is C23H20N4O6S. The van der Waals surface area contributed by atoms with E-state index in [2.05, 4.69) is 15.3 Å². The number of amides is 1. The maximum Gasteiger partial charge on any atom is 0.277 e. The van der Waals surface area contributed by atoms with E-state index in [0.29, 0.717) is 46.6 Å². The van der Waals surface area contributed by atoms with Gasteiger partial charge in [0.15, 0.2) is 0 Å². The quantitative estimate of drug-likeness (QED) is 0.338. The van der Waals surface area contributed by atoms with Crippen molar-refractivity contribution in [2.75, 3.05) is 20.0 Å². The first-order chi connectivity index (χ1) is 16.6. The fraction of sp³-hybridized carbons (Fsp3) is 0.217. The Kier molecular flexibility index (Phi) is 6.09. The summed E-state index contributed by atoms with van der Waals surface area (Å²) in [5.74, 6) is 2.58. The first-order valence-corrected chi connectivity index (χ1v) is 11.3. The van der Waals surface area contributed by atoms with Crippen molar-refractivity contribution in [1.29, 1.82) is 0 Å². The monoisotopic (exact) mass is 480 g/mol. The molecule has 0 bridgehead atoms. The zero-order chi connectivity index (χ0) is 23.5. The molecule has 0 aliphatic carbocycles. The van der Waals surface area contributed by atoms with Crippen molar-refractivity contribution < 1.29 is 27.5 Å². The number of thioether (sulfide) groups is 1. The van der Waals surface area contributed by atoms with Crippen molar-refractivity contribution in [3.05, 3.63) is 66.5 Å². The molecule has 0 radical (unpaired) electrons. The van der Waals surface area contributed by atoms with Gasteiger partial charge in [-0.3, -0.25) is 4.79 Å². The summed E-state index contributed by atoms with van der Waals surface area (Å²) in [5.41, 5.74) is 1.32. The number of nitrogens with zero attached hydrogens (tertiary/aromatic N) is 4. The Morgan fingerprint density at radius 1 is 1.09 bits per heavy atom. The molecule has 5 rings (SSSR count).